The third kappa shape index (κ3) is 6.31. The molecule has 1 heterocycles. The van der Waals surface area contributed by atoms with E-state index in [4.69, 9.17) is 11.2 Å². The van der Waals surface area contributed by atoms with Crippen molar-refractivity contribution in [3.63, 3.8) is 0 Å². The quantitative estimate of drug-likeness (QED) is 0.471. The molecule has 1 aliphatic rings. The zero-order chi connectivity index (χ0) is 16.3. The van der Waals surface area contributed by atoms with Gasteiger partial charge in [0.1, 0.15) is 0 Å². The van der Waals surface area contributed by atoms with Gasteiger partial charge in [-0.15, -0.1) is 6.42 Å². The highest BCUT2D eigenvalue weighted by molar-refractivity contribution is 5.79. The Morgan fingerprint density at radius 3 is 2.83 bits per heavy atom. The van der Waals surface area contributed by atoms with Crippen molar-refractivity contribution in [3.05, 3.63) is 35.4 Å². The molecule has 2 rings (SSSR count). The maximum Gasteiger partial charge on any atom is 0.192 e. The number of guanidine groups is 1. The normalized spacial score (nSPS) is 15.9. The van der Waals surface area contributed by atoms with Crippen LogP contribution in [0.4, 0.5) is 0 Å². The number of benzene rings is 1. The van der Waals surface area contributed by atoms with Crippen LogP contribution in [0.3, 0.4) is 0 Å². The molecule has 0 saturated carbocycles. The van der Waals surface area contributed by atoms with Crippen molar-refractivity contribution in [2.75, 3.05) is 39.4 Å². The van der Waals surface area contributed by atoms with Gasteiger partial charge < -0.3 is 15.4 Å². The number of terminal acetylenes is 1. The number of morpholine rings is 1. The van der Waals surface area contributed by atoms with E-state index in [1.54, 1.807) is 0 Å². The molecular weight excluding hydrogens is 288 g/mol. The van der Waals surface area contributed by atoms with Crippen LogP contribution >= 0.6 is 0 Å². The van der Waals surface area contributed by atoms with Crippen LogP contribution in [0.25, 0.3) is 0 Å². The summed E-state index contributed by atoms with van der Waals surface area (Å²) in [6, 6.07) is 8.60. The smallest absolute Gasteiger partial charge is 0.192 e. The molecule has 1 saturated heterocycles. The Morgan fingerprint density at radius 2 is 2.09 bits per heavy atom. The first-order valence-electron chi connectivity index (χ1n) is 8.15. The predicted octanol–water partition coefficient (Wildman–Crippen LogP) is 1.21. The van der Waals surface area contributed by atoms with E-state index in [1.807, 2.05) is 6.92 Å². The minimum atomic E-state index is 0.475. The molecule has 0 amide bonds. The molecule has 0 spiro atoms. The second kappa shape index (κ2) is 9.88. The van der Waals surface area contributed by atoms with Gasteiger partial charge in [-0.05, 0) is 18.1 Å². The summed E-state index contributed by atoms with van der Waals surface area (Å²) in [5.74, 6) is 3.32. The maximum atomic E-state index is 5.39. The van der Waals surface area contributed by atoms with Crippen molar-refractivity contribution in [1.29, 1.82) is 0 Å². The van der Waals surface area contributed by atoms with Gasteiger partial charge in [0.15, 0.2) is 5.96 Å². The van der Waals surface area contributed by atoms with Gasteiger partial charge in [-0.2, -0.15) is 0 Å². The lowest BCUT2D eigenvalue weighted by molar-refractivity contribution is 0.0342. The van der Waals surface area contributed by atoms with E-state index in [1.165, 1.54) is 11.1 Å². The van der Waals surface area contributed by atoms with Gasteiger partial charge in [0.25, 0.3) is 0 Å². The van der Waals surface area contributed by atoms with Gasteiger partial charge in [0, 0.05) is 26.2 Å². The third-order valence-corrected chi connectivity index (χ3v) is 3.62. The standard InChI is InChI=1S/C18H26N4O/c1-3-8-20-18(19-4-2)21-14-16-6-5-7-17(13-16)15-22-9-11-23-12-10-22/h1,5-7,13H,4,8-12,14-15H2,2H3,(H2,19,20,21). The van der Waals surface area contributed by atoms with Crippen molar-refractivity contribution in [2.24, 2.45) is 4.99 Å². The lowest BCUT2D eigenvalue weighted by atomic mass is 10.1. The number of aliphatic imine (C=N–C) groups is 1. The van der Waals surface area contributed by atoms with E-state index in [9.17, 15) is 0 Å². The zero-order valence-corrected chi connectivity index (χ0v) is 13.8. The molecule has 0 aromatic heterocycles. The van der Waals surface area contributed by atoms with Crippen LogP contribution in [0.2, 0.25) is 0 Å². The molecule has 1 aromatic rings. The second-order valence-corrected chi connectivity index (χ2v) is 5.46. The van der Waals surface area contributed by atoms with Crippen LogP contribution in [-0.2, 0) is 17.8 Å². The van der Waals surface area contributed by atoms with Crippen molar-refractivity contribution in [1.82, 2.24) is 15.5 Å². The van der Waals surface area contributed by atoms with Crippen molar-refractivity contribution >= 4 is 5.96 Å². The number of ether oxygens (including phenoxy) is 1. The number of nitrogens with one attached hydrogen (secondary N) is 2. The lowest BCUT2D eigenvalue weighted by Crippen LogP contribution is -2.37. The van der Waals surface area contributed by atoms with E-state index in [-0.39, 0.29) is 0 Å². The summed E-state index contributed by atoms with van der Waals surface area (Å²) in [7, 11) is 0. The summed E-state index contributed by atoms with van der Waals surface area (Å²) < 4.78 is 5.39. The molecule has 0 atom stereocenters. The molecular formula is C18H26N4O. The molecule has 0 aliphatic carbocycles. The van der Waals surface area contributed by atoms with E-state index < -0.39 is 0 Å². The first kappa shape index (κ1) is 17.3. The largest absolute Gasteiger partial charge is 0.379 e. The van der Waals surface area contributed by atoms with Crippen molar-refractivity contribution < 1.29 is 4.74 Å². The Balaban J connectivity index is 1.93. The van der Waals surface area contributed by atoms with Gasteiger partial charge in [-0.1, -0.05) is 30.2 Å². The van der Waals surface area contributed by atoms with Crippen LogP contribution < -0.4 is 10.6 Å². The Bertz CT molecular complexity index is 544. The van der Waals surface area contributed by atoms with Gasteiger partial charge in [0.2, 0.25) is 0 Å². The van der Waals surface area contributed by atoms with E-state index in [0.717, 1.165) is 45.4 Å². The molecule has 2 N–H and O–H groups in total. The van der Waals surface area contributed by atoms with E-state index >= 15 is 0 Å². The first-order valence-corrected chi connectivity index (χ1v) is 8.15. The summed E-state index contributed by atoms with van der Waals surface area (Å²) in [6.07, 6.45) is 5.28. The van der Waals surface area contributed by atoms with Gasteiger partial charge >= 0.3 is 0 Å². The Morgan fingerprint density at radius 1 is 1.30 bits per heavy atom. The molecule has 0 unspecified atom stereocenters. The molecule has 5 heteroatoms. The van der Waals surface area contributed by atoms with Gasteiger partial charge in [0.05, 0.1) is 26.3 Å². The number of hydrogen-bond donors (Lipinski definition) is 2. The van der Waals surface area contributed by atoms with E-state index in [2.05, 4.69) is 50.7 Å². The number of rotatable bonds is 6. The molecule has 1 fully saturated rings. The van der Waals surface area contributed by atoms with Gasteiger partial charge in [-0.25, -0.2) is 4.99 Å². The topological polar surface area (TPSA) is 48.9 Å². The average molecular weight is 314 g/mol. The molecule has 0 radical (unpaired) electrons. The monoisotopic (exact) mass is 314 g/mol. The van der Waals surface area contributed by atoms with Crippen LogP contribution in [-0.4, -0.2) is 50.3 Å². The highest BCUT2D eigenvalue weighted by Crippen LogP contribution is 2.10. The maximum absolute atomic E-state index is 5.39. The molecule has 5 nitrogen and oxygen atoms in total. The molecule has 124 valence electrons. The minimum absolute atomic E-state index is 0.475. The predicted molar refractivity (Wildman–Crippen MR) is 94.2 cm³/mol. The lowest BCUT2D eigenvalue weighted by Gasteiger charge is -2.26. The summed E-state index contributed by atoms with van der Waals surface area (Å²) >= 11 is 0. The highest BCUT2D eigenvalue weighted by Gasteiger charge is 2.10. The fraction of sp³-hybridized carbons (Fsp3) is 0.500. The van der Waals surface area contributed by atoms with Crippen molar-refractivity contribution in [3.8, 4) is 12.3 Å². The molecule has 23 heavy (non-hydrogen) atoms. The van der Waals surface area contributed by atoms with Crippen LogP contribution in [0.15, 0.2) is 29.3 Å². The third-order valence-electron chi connectivity index (χ3n) is 3.62. The summed E-state index contributed by atoms with van der Waals surface area (Å²) in [4.78, 5) is 7.00. The summed E-state index contributed by atoms with van der Waals surface area (Å²) in [5, 5.41) is 6.29. The number of hydrogen-bond acceptors (Lipinski definition) is 3. The Kier molecular flexibility index (Phi) is 7.44. The summed E-state index contributed by atoms with van der Waals surface area (Å²) in [5.41, 5.74) is 2.52. The fourth-order valence-electron chi connectivity index (χ4n) is 2.49. The SMILES string of the molecule is C#CCNC(=NCc1cccc(CN2CCOCC2)c1)NCC. The molecule has 1 aromatic carbocycles. The van der Waals surface area contributed by atoms with Crippen LogP contribution in [0.1, 0.15) is 18.1 Å². The van der Waals surface area contributed by atoms with E-state index in [0.29, 0.717) is 13.1 Å². The average Bonchev–Trinajstić information content (AvgIpc) is 2.59. The highest BCUT2D eigenvalue weighted by atomic mass is 16.5. The van der Waals surface area contributed by atoms with Crippen LogP contribution in [0, 0.1) is 12.3 Å². The number of nitrogens with zero attached hydrogens (tertiary/aromatic N) is 2. The Hall–Kier alpha value is -2.03. The zero-order valence-electron chi connectivity index (χ0n) is 13.8. The second-order valence-electron chi connectivity index (χ2n) is 5.46. The fourth-order valence-corrected chi connectivity index (χ4v) is 2.49. The van der Waals surface area contributed by atoms with Gasteiger partial charge in [-0.3, -0.25) is 4.90 Å². The summed E-state index contributed by atoms with van der Waals surface area (Å²) in [6.45, 7) is 8.60. The minimum Gasteiger partial charge on any atom is -0.379 e. The Labute approximate surface area is 139 Å². The molecule has 1 aliphatic heterocycles. The van der Waals surface area contributed by atoms with Crippen molar-refractivity contribution in [2.45, 2.75) is 20.0 Å². The van der Waals surface area contributed by atoms with Crippen LogP contribution in [0.5, 0.6) is 0 Å². The molecule has 0 bridgehead atoms. The first-order chi connectivity index (χ1) is 11.3.